The van der Waals surface area contributed by atoms with Gasteiger partial charge in [0.05, 0.1) is 29.3 Å². The summed E-state index contributed by atoms with van der Waals surface area (Å²) in [5.41, 5.74) is 3.94. The van der Waals surface area contributed by atoms with Gasteiger partial charge in [0, 0.05) is 23.4 Å². The lowest BCUT2D eigenvalue weighted by Crippen LogP contribution is -2.25. The lowest BCUT2D eigenvalue weighted by atomic mass is 10.1. The van der Waals surface area contributed by atoms with E-state index in [2.05, 4.69) is 10.4 Å². The van der Waals surface area contributed by atoms with Gasteiger partial charge in [-0.25, -0.2) is 13.9 Å². The number of benzene rings is 3. The molecule has 0 saturated carbocycles. The largest absolute Gasteiger partial charge is 0.447 e. The van der Waals surface area contributed by atoms with Gasteiger partial charge in [0.2, 0.25) is 5.91 Å². The van der Waals surface area contributed by atoms with Crippen molar-refractivity contribution in [3.05, 3.63) is 103 Å². The van der Waals surface area contributed by atoms with Gasteiger partial charge in [0.1, 0.15) is 12.4 Å². The average Bonchev–Trinajstić information content (AvgIpc) is 3.50. The first-order chi connectivity index (χ1) is 17.1. The van der Waals surface area contributed by atoms with E-state index in [1.54, 1.807) is 47.2 Å². The fourth-order valence-electron chi connectivity index (χ4n) is 3.82. The third-order valence-corrected chi connectivity index (χ3v) is 5.51. The number of ether oxygens (including phenoxy) is 1. The molecule has 35 heavy (non-hydrogen) atoms. The minimum atomic E-state index is -0.445. The molecule has 1 saturated heterocycles. The first-order valence-corrected chi connectivity index (χ1v) is 11.0. The zero-order chi connectivity index (χ0) is 24.2. The predicted octanol–water partition coefficient (Wildman–Crippen LogP) is 5.29. The summed E-state index contributed by atoms with van der Waals surface area (Å²) in [6, 6.07) is 22.7. The molecule has 0 spiro atoms. The Bertz CT molecular complexity index is 1400. The zero-order valence-corrected chi connectivity index (χ0v) is 18.6. The van der Waals surface area contributed by atoms with Gasteiger partial charge < -0.3 is 10.1 Å². The molecule has 0 unspecified atom stereocenters. The molecule has 2 amide bonds. The van der Waals surface area contributed by atoms with Crippen molar-refractivity contribution in [3.8, 4) is 16.9 Å². The topological polar surface area (TPSA) is 76.5 Å². The second-order valence-electron chi connectivity index (χ2n) is 7.83. The molecule has 5 rings (SSSR count). The van der Waals surface area contributed by atoms with Gasteiger partial charge >= 0.3 is 6.09 Å². The number of nitrogens with zero attached hydrogens (tertiary/aromatic N) is 3. The van der Waals surface area contributed by atoms with Crippen LogP contribution in [0.25, 0.3) is 23.0 Å². The van der Waals surface area contributed by atoms with Crippen LogP contribution in [0.1, 0.15) is 5.56 Å². The Morgan fingerprint density at radius 3 is 2.49 bits per heavy atom. The van der Waals surface area contributed by atoms with Crippen LogP contribution >= 0.6 is 0 Å². The van der Waals surface area contributed by atoms with Crippen molar-refractivity contribution in [2.75, 3.05) is 23.4 Å². The summed E-state index contributed by atoms with van der Waals surface area (Å²) in [6.45, 7) is 0.722. The third kappa shape index (κ3) is 4.81. The number of carbonyl (C=O) groups excluding carboxylic acids is 2. The van der Waals surface area contributed by atoms with Crippen LogP contribution in [0.2, 0.25) is 0 Å². The van der Waals surface area contributed by atoms with Gasteiger partial charge in [-0.2, -0.15) is 5.10 Å². The van der Waals surface area contributed by atoms with E-state index in [1.807, 2.05) is 36.5 Å². The number of nitrogens with one attached hydrogen (secondary N) is 1. The Hall–Kier alpha value is -4.72. The molecule has 4 aromatic rings. The molecular weight excluding hydrogens is 447 g/mol. The molecule has 0 aliphatic carbocycles. The van der Waals surface area contributed by atoms with E-state index in [0.29, 0.717) is 35.8 Å². The van der Waals surface area contributed by atoms with Crippen LogP contribution < -0.4 is 10.2 Å². The number of rotatable bonds is 6. The van der Waals surface area contributed by atoms with Gasteiger partial charge in [0.15, 0.2) is 0 Å². The first-order valence-electron chi connectivity index (χ1n) is 11.0. The second-order valence-corrected chi connectivity index (χ2v) is 7.83. The van der Waals surface area contributed by atoms with E-state index in [4.69, 9.17) is 4.74 Å². The summed E-state index contributed by atoms with van der Waals surface area (Å²) in [6.07, 6.45) is 4.43. The maximum absolute atomic E-state index is 13.5. The van der Waals surface area contributed by atoms with E-state index in [1.165, 1.54) is 23.1 Å². The highest BCUT2D eigenvalue weighted by Gasteiger charge is 2.25. The van der Waals surface area contributed by atoms with Crippen LogP contribution in [0, 0.1) is 5.82 Å². The number of hydrogen-bond donors (Lipinski definition) is 1. The number of halogens is 1. The molecule has 7 nitrogen and oxygen atoms in total. The highest BCUT2D eigenvalue weighted by Crippen LogP contribution is 2.28. The number of carbonyl (C=O) groups is 2. The monoisotopic (exact) mass is 468 g/mol. The van der Waals surface area contributed by atoms with Crippen LogP contribution in [0.5, 0.6) is 0 Å². The fourth-order valence-corrected chi connectivity index (χ4v) is 3.82. The predicted molar refractivity (Wildman–Crippen MR) is 132 cm³/mol. The Morgan fingerprint density at radius 2 is 1.74 bits per heavy atom. The van der Waals surface area contributed by atoms with Gasteiger partial charge in [-0.3, -0.25) is 9.69 Å². The molecule has 3 aromatic carbocycles. The maximum atomic E-state index is 13.5. The van der Waals surface area contributed by atoms with Crippen molar-refractivity contribution < 1.29 is 18.7 Å². The molecule has 0 radical (unpaired) electrons. The molecule has 1 N–H and O–H groups in total. The van der Waals surface area contributed by atoms with Crippen LogP contribution in [0.3, 0.4) is 0 Å². The van der Waals surface area contributed by atoms with Crippen molar-refractivity contribution in [2.24, 2.45) is 0 Å². The summed E-state index contributed by atoms with van der Waals surface area (Å²) in [5.74, 6) is -0.712. The van der Waals surface area contributed by atoms with Crippen molar-refractivity contribution >= 4 is 29.5 Å². The summed E-state index contributed by atoms with van der Waals surface area (Å²) in [4.78, 5) is 26.3. The molecule has 0 atom stereocenters. The van der Waals surface area contributed by atoms with Crippen molar-refractivity contribution in [3.63, 3.8) is 0 Å². The van der Waals surface area contributed by atoms with Crippen LogP contribution in [0.4, 0.5) is 20.6 Å². The van der Waals surface area contributed by atoms with E-state index in [-0.39, 0.29) is 11.7 Å². The molecule has 1 aliphatic heterocycles. The van der Waals surface area contributed by atoms with Crippen molar-refractivity contribution in [1.29, 1.82) is 0 Å². The minimum Gasteiger partial charge on any atom is -0.447 e. The standard InChI is InChI=1S/C27H21FN4O3/c28-21-13-10-19(11-14-21)26-20(18-32(30-26)22-6-2-1-3-7-22)12-15-25(33)29-23-8-4-5-9-24(23)31-16-17-35-27(31)34/h1-15,18H,16-17H2,(H,29,33)/b15-12+. The van der Waals surface area contributed by atoms with Gasteiger partial charge in [-0.1, -0.05) is 30.3 Å². The molecule has 8 heteroatoms. The van der Waals surface area contributed by atoms with Crippen LogP contribution in [-0.4, -0.2) is 34.9 Å². The number of amides is 2. The maximum Gasteiger partial charge on any atom is 0.414 e. The summed E-state index contributed by atoms with van der Waals surface area (Å²) in [7, 11) is 0. The van der Waals surface area contributed by atoms with Gasteiger partial charge in [-0.15, -0.1) is 0 Å². The molecule has 1 fully saturated rings. The Morgan fingerprint density at radius 1 is 1.00 bits per heavy atom. The Balaban J connectivity index is 1.43. The SMILES string of the molecule is O=C(/C=C/c1cn(-c2ccccc2)nc1-c1ccc(F)cc1)Nc1ccccc1N1CCOC1=O. The van der Waals surface area contributed by atoms with E-state index < -0.39 is 6.09 Å². The molecule has 174 valence electrons. The fraction of sp³-hybridized carbons (Fsp3) is 0.0741. The molecule has 1 aromatic heterocycles. The minimum absolute atomic E-state index is 0.304. The Kier molecular flexibility index (Phi) is 6.09. The normalized spacial score (nSPS) is 13.3. The van der Waals surface area contributed by atoms with E-state index >= 15 is 0 Å². The van der Waals surface area contributed by atoms with E-state index in [9.17, 15) is 14.0 Å². The highest BCUT2D eigenvalue weighted by molar-refractivity contribution is 6.05. The molecule has 1 aliphatic rings. The molecular formula is C27H21FN4O3. The summed E-state index contributed by atoms with van der Waals surface area (Å²) in [5, 5.41) is 7.50. The number of aromatic nitrogens is 2. The molecule has 0 bridgehead atoms. The summed E-state index contributed by atoms with van der Waals surface area (Å²) < 4.78 is 20.2. The third-order valence-electron chi connectivity index (χ3n) is 5.51. The highest BCUT2D eigenvalue weighted by atomic mass is 19.1. The smallest absolute Gasteiger partial charge is 0.414 e. The number of cyclic esters (lactones) is 1. The van der Waals surface area contributed by atoms with E-state index in [0.717, 1.165) is 11.3 Å². The van der Waals surface area contributed by atoms with Crippen molar-refractivity contribution in [2.45, 2.75) is 0 Å². The zero-order valence-electron chi connectivity index (χ0n) is 18.6. The lowest BCUT2D eigenvalue weighted by molar-refractivity contribution is -0.111. The van der Waals surface area contributed by atoms with Crippen LogP contribution in [0.15, 0.2) is 91.1 Å². The second kappa shape index (κ2) is 9.64. The molecule has 2 heterocycles. The van der Waals surface area contributed by atoms with Gasteiger partial charge in [0.25, 0.3) is 0 Å². The Labute approximate surface area is 201 Å². The average molecular weight is 468 g/mol. The lowest BCUT2D eigenvalue weighted by Gasteiger charge is -2.17. The van der Waals surface area contributed by atoms with Crippen LogP contribution in [-0.2, 0) is 9.53 Å². The summed E-state index contributed by atoms with van der Waals surface area (Å²) >= 11 is 0. The van der Waals surface area contributed by atoms with Crippen molar-refractivity contribution in [1.82, 2.24) is 9.78 Å². The quantitative estimate of drug-likeness (QED) is 0.390. The number of anilines is 2. The number of hydrogen-bond acceptors (Lipinski definition) is 4. The van der Waals surface area contributed by atoms with Gasteiger partial charge in [-0.05, 0) is 54.6 Å². The first kappa shape index (κ1) is 22.1. The number of para-hydroxylation sites is 3.